The Morgan fingerprint density at radius 2 is 1.65 bits per heavy atom. The molecule has 0 spiro atoms. The molecule has 0 aliphatic heterocycles. The molecular weight excluding hydrogens is 330 g/mol. The van der Waals surface area contributed by atoms with E-state index in [0.717, 1.165) is 57.8 Å². The van der Waals surface area contributed by atoms with Gasteiger partial charge in [0.1, 0.15) is 0 Å². The molecule has 5 nitrogen and oxygen atoms in total. The molecule has 4 bridgehead atoms. The summed E-state index contributed by atoms with van der Waals surface area (Å²) < 4.78 is 5.65. The minimum atomic E-state index is -0.756. The number of carbonyl (C=O) groups excluding carboxylic acids is 2. The molecule has 0 heterocycles. The molecule has 0 radical (unpaired) electrons. The number of hydrogen-bond acceptors (Lipinski definition) is 4. The SMILES string of the molecule is C[C@@H](OC(=O)C12C[C@@H]3C[C@@H](CC(O)(C3)C1)C2)C(=O)NC1CCCCCC1. The zero-order chi connectivity index (χ0) is 18.4. The van der Waals surface area contributed by atoms with Gasteiger partial charge in [0.05, 0.1) is 11.0 Å². The second kappa shape index (κ2) is 6.81. The van der Waals surface area contributed by atoms with Gasteiger partial charge in [-0.1, -0.05) is 25.7 Å². The molecule has 26 heavy (non-hydrogen) atoms. The predicted molar refractivity (Wildman–Crippen MR) is 97.3 cm³/mol. The first-order valence-corrected chi connectivity index (χ1v) is 10.6. The first-order chi connectivity index (χ1) is 12.4. The smallest absolute Gasteiger partial charge is 0.312 e. The molecule has 0 aromatic rings. The van der Waals surface area contributed by atoms with Gasteiger partial charge in [-0.25, -0.2) is 0 Å². The van der Waals surface area contributed by atoms with E-state index in [-0.39, 0.29) is 17.9 Å². The average molecular weight is 363 g/mol. The largest absolute Gasteiger partial charge is 0.452 e. The van der Waals surface area contributed by atoms with Crippen LogP contribution in [0.1, 0.15) is 84.0 Å². The van der Waals surface area contributed by atoms with Crippen LogP contribution in [0, 0.1) is 17.3 Å². The van der Waals surface area contributed by atoms with Crippen molar-refractivity contribution in [2.24, 2.45) is 17.3 Å². The zero-order valence-corrected chi connectivity index (χ0v) is 16.0. The van der Waals surface area contributed by atoms with Crippen molar-refractivity contribution < 1.29 is 19.4 Å². The van der Waals surface area contributed by atoms with Crippen molar-refractivity contribution in [2.45, 2.75) is 102 Å². The van der Waals surface area contributed by atoms with Crippen LogP contribution in [0.5, 0.6) is 0 Å². The van der Waals surface area contributed by atoms with E-state index in [9.17, 15) is 14.7 Å². The van der Waals surface area contributed by atoms with E-state index < -0.39 is 17.1 Å². The Kier molecular flexibility index (Phi) is 4.79. The van der Waals surface area contributed by atoms with Gasteiger partial charge in [-0.2, -0.15) is 0 Å². The van der Waals surface area contributed by atoms with Crippen LogP contribution in [0.4, 0.5) is 0 Å². The zero-order valence-electron chi connectivity index (χ0n) is 16.0. The molecule has 0 aromatic carbocycles. The van der Waals surface area contributed by atoms with Crippen molar-refractivity contribution in [2.75, 3.05) is 0 Å². The Morgan fingerprint density at radius 1 is 1.04 bits per heavy atom. The van der Waals surface area contributed by atoms with Crippen molar-refractivity contribution in [3.05, 3.63) is 0 Å². The topological polar surface area (TPSA) is 75.6 Å². The van der Waals surface area contributed by atoms with Crippen LogP contribution >= 0.6 is 0 Å². The Balaban J connectivity index is 1.36. The molecule has 2 N–H and O–H groups in total. The fraction of sp³-hybridized carbons (Fsp3) is 0.905. The molecule has 5 atom stereocenters. The lowest BCUT2D eigenvalue weighted by atomic mass is 9.48. The molecule has 0 saturated heterocycles. The van der Waals surface area contributed by atoms with Gasteiger partial charge in [0.2, 0.25) is 0 Å². The number of hydrogen-bond donors (Lipinski definition) is 2. The Hall–Kier alpha value is -1.10. The number of nitrogens with one attached hydrogen (secondary N) is 1. The fourth-order valence-corrected chi connectivity index (χ4v) is 6.53. The van der Waals surface area contributed by atoms with Crippen LogP contribution in [0.25, 0.3) is 0 Å². The highest BCUT2D eigenvalue weighted by Gasteiger charge is 2.61. The first-order valence-electron chi connectivity index (χ1n) is 10.6. The van der Waals surface area contributed by atoms with E-state index in [1.54, 1.807) is 6.92 Å². The third kappa shape index (κ3) is 3.51. The van der Waals surface area contributed by atoms with Crippen molar-refractivity contribution in [1.82, 2.24) is 5.32 Å². The van der Waals surface area contributed by atoms with Gasteiger partial charge in [0.25, 0.3) is 5.91 Å². The van der Waals surface area contributed by atoms with Crippen LogP contribution in [-0.4, -0.2) is 34.7 Å². The molecule has 5 heteroatoms. The molecule has 0 aromatic heterocycles. The summed E-state index contributed by atoms with van der Waals surface area (Å²) >= 11 is 0. The normalized spacial score (nSPS) is 40.7. The summed E-state index contributed by atoms with van der Waals surface area (Å²) in [6, 6.07) is 0.214. The van der Waals surface area contributed by atoms with Crippen molar-refractivity contribution in [3.63, 3.8) is 0 Å². The molecule has 5 rings (SSSR count). The quantitative estimate of drug-likeness (QED) is 0.594. The Labute approximate surface area is 156 Å². The highest BCUT2D eigenvalue weighted by atomic mass is 16.5. The van der Waals surface area contributed by atoms with Crippen molar-refractivity contribution in [1.29, 1.82) is 0 Å². The van der Waals surface area contributed by atoms with Gasteiger partial charge in [-0.05, 0) is 70.1 Å². The lowest BCUT2D eigenvalue weighted by molar-refractivity contribution is -0.200. The lowest BCUT2D eigenvalue weighted by Gasteiger charge is -2.58. The molecule has 5 saturated carbocycles. The average Bonchev–Trinajstić information content (AvgIpc) is 2.81. The minimum Gasteiger partial charge on any atom is -0.452 e. The molecule has 146 valence electrons. The summed E-state index contributed by atoms with van der Waals surface area (Å²) in [6.45, 7) is 1.68. The third-order valence-electron chi connectivity index (χ3n) is 7.32. The van der Waals surface area contributed by atoms with Crippen LogP contribution in [0.2, 0.25) is 0 Å². The summed E-state index contributed by atoms with van der Waals surface area (Å²) in [5, 5.41) is 13.9. The third-order valence-corrected chi connectivity index (χ3v) is 7.32. The number of esters is 1. The van der Waals surface area contributed by atoms with Gasteiger partial charge in [-0.15, -0.1) is 0 Å². The maximum atomic E-state index is 13.0. The van der Waals surface area contributed by atoms with Gasteiger partial charge in [0, 0.05) is 6.04 Å². The second-order valence-corrected chi connectivity index (χ2v) is 9.71. The standard InChI is InChI=1S/C21H33NO4/c1-14(18(23)22-17-6-4-2-3-5-7-17)26-19(24)20-9-15-8-16(10-20)12-21(25,11-15)13-20/h14-17,25H,2-13H2,1H3,(H,22,23)/t14-,15-,16+,20?,21?/m1/s1. The van der Waals surface area contributed by atoms with Gasteiger partial charge in [0.15, 0.2) is 6.10 Å². The van der Waals surface area contributed by atoms with Crippen LogP contribution in [0.3, 0.4) is 0 Å². The number of aliphatic hydroxyl groups is 1. The summed E-state index contributed by atoms with van der Waals surface area (Å²) in [6.07, 6.45) is 11.0. The maximum absolute atomic E-state index is 13.0. The van der Waals surface area contributed by atoms with E-state index in [1.807, 2.05) is 0 Å². The summed E-state index contributed by atoms with van der Waals surface area (Å²) in [5.74, 6) is 0.440. The van der Waals surface area contributed by atoms with Crippen LogP contribution < -0.4 is 5.32 Å². The maximum Gasteiger partial charge on any atom is 0.312 e. The number of carbonyl (C=O) groups is 2. The summed E-state index contributed by atoms with van der Waals surface area (Å²) in [4.78, 5) is 25.5. The van der Waals surface area contributed by atoms with E-state index in [4.69, 9.17) is 4.74 Å². The second-order valence-electron chi connectivity index (χ2n) is 9.71. The van der Waals surface area contributed by atoms with Crippen molar-refractivity contribution in [3.8, 4) is 0 Å². The van der Waals surface area contributed by atoms with E-state index in [2.05, 4.69) is 5.32 Å². The highest BCUT2D eigenvalue weighted by molar-refractivity contribution is 5.85. The molecule has 5 aliphatic carbocycles. The predicted octanol–water partition coefficient (Wildman–Crippen LogP) is 3.09. The van der Waals surface area contributed by atoms with Gasteiger partial charge in [-0.3, -0.25) is 9.59 Å². The Morgan fingerprint density at radius 3 is 2.23 bits per heavy atom. The molecule has 5 aliphatic rings. The number of rotatable bonds is 4. The summed E-state index contributed by atoms with van der Waals surface area (Å²) in [5.41, 5.74) is -1.25. The molecule has 1 amide bonds. The first kappa shape index (κ1) is 18.3. The van der Waals surface area contributed by atoms with Crippen LogP contribution in [-0.2, 0) is 14.3 Å². The van der Waals surface area contributed by atoms with E-state index >= 15 is 0 Å². The monoisotopic (exact) mass is 363 g/mol. The Bertz CT molecular complexity index is 552. The molecule has 2 unspecified atom stereocenters. The fourth-order valence-electron chi connectivity index (χ4n) is 6.53. The van der Waals surface area contributed by atoms with E-state index in [1.165, 1.54) is 12.8 Å². The van der Waals surface area contributed by atoms with Gasteiger partial charge < -0.3 is 15.2 Å². The van der Waals surface area contributed by atoms with Crippen molar-refractivity contribution >= 4 is 11.9 Å². The summed E-state index contributed by atoms with van der Waals surface area (Å²) in [7, 11) is 0. The lowest BCUT2D eigenvalue weighted by Crippen LogP contribution is -2.59. The van der Waals surface area contributed by atoms with Crippen LogP contribution in [0.15, 0.2) is 0 Å². The van der Waals surface area contributed by atoms with E-state index in [0.29, 0.717) is 18.3 Å². The number of amides is 1. The van der Waals surface area contributed by atoms with Gasteiger partial charge >= 0.3 is 5.97 Å². The molecular formula is C21H33NO4. The highest BCUT2D eigenvalue weighted by Crippen LogP contribution is 2.62. The molecule has 5 fully saturated rings. The minimum absolute atomic E-state index is 0.173. The number of ether oxygens (including phenoxy) is 1.